The van der Waals surface area contributed by atoms with Crippen LogP contribution in [0.1, 0.15) is 0 Å². The van der Waals surface area contributed by atoms with E-state index in [0.717, 1.165) is 150 Å². The van der Waals surface area contributed by atoms with E-state index < -0.39 is 0 Å². The van der Waals surface area contributed by atoms with Crippen molar-refractivity contribution in [3.05, 3.63) is 303 Å². The third-order valence-corrected chi connectivity index (χ3v) is 18.8. The molecule has 0 radical (unpaired) electrons. The molecule has 0 fully saturated rings. The standard InChI is InChI=1S/C88H50N8O4/c1-5-20-52(21-6-1)68-49-70(91-85(89-68)59-42-44-61-62-32-18-34-67(82(62)100-75(61)47-59)88-94-79(56-26-11-4-12-27-56)84-81(96-88)65-31-14-16-36-73(65)99-84)54-40-38-51(39-41-54)57-28-17-29-58(46-57)71-50-69(53-22-7-2-8-23-53)90-86(92-71)60-43-45-63-76(48-60)97-74-37-19-33-66(77(63)74)87-93-78(55-24-9-3-10-25-55)83-80(95-87)64-30-13-15-35-72(64)98-83/h1-50H. The molecule has 0 saturated heterocycles. The Morgan fingerprint density at radius 1 is 0.190 bits per heavy atom. The minimum absolute atomic E-state index is 0.540. The van der Waals surface area contributed by atoms with Crippen LogP contribution in [0.5, 0.6) is 0 Å². The predicted molar refractivity (Wildman–Crippen MR) is 398 cm³/mol. The van der Waals surface area contributed by atoms with Crippen molar-refractivity contribution >= 4 is 88.0 Å². The fourth-order valence-corrected chi connectivity index (χ4v) is 13.9. The molecule has 0 unspecified atom stereocenters. The monoisotopic (exact) mass is 1280 g/mol. The molecule has 20 rings (SSSR count). The van der Waals surface area contributed by atoms with Gasteiger partial charge in [0.2, 0.25) is 0 Å². The summed E-state index contributed by atoms with van der Waals surface area (Å²) in [6, 6.07) is 102. The van der Waals surface area contributed by atoms with Gasteiger partial charge in [-0.1, -0.05) is 224 Å². The fourth-order valence-electron chi connectivity index (χ4n) is 13.9. The van der Waals surface area contributed by atoms with E-state index in [1.807, 2.05) is 182 Å². The van der Waals surface area contributed by atoms with Gasteiger partial charge in [-0.15, -0.1) is 0 Å². The first-order valence-corrected chi connectivity index (χ1v) is 33.0. The number of hydrogen-bond acceptors (Lipinski definition) is 12. The third-order valence-electron chi connectivity index (χ3n) is 18.8. The summed E-state index contributed by atoms with van der Waals surface area (Å²) in [7, 11) is 0. The molecule has 12 heteroatoms. The Bertz CT molecular complexity index is 6650. The van der Waals surface area contributed by atoms with Crippen molar-refractivity contribution in [2.24, 2.45) is 0 Å². The number of hydrogen-bond donors (Lipinski definition) is 0. The highest BCUT2D eigenvalue weighted by Gasteiger charge is 2.25. The summed E-state index contributed by atoms with van der Waals surface area (Å²) >= 11 is 0. The van der Waals surface area contributed by atoms with Crippen molar-refractivity contribution in [2.75, 3.05) is 0 Å². The highest BCUT2D eigenvalue weighted by Crippen LogP contribution is 2.44. The Balaban J connectivity index is 0.638. The lowest BCUT2D eigenvalue weighted by Gasteiger charge is -2.12. The highest BCUT2D eigenvalue weighted by atomic mass is 16.3. The van der Waals surface area contributed by atoms with E-state index in [2.05, 4.69) is 121 Å². The normalized spacial score (nSPS) is 11.8. The lowest BCUT2D eigenvalue weighted by molar-refractivity contribution is 0.666. The van der Waals surface area contributed by atoms with E-state index >= 15 is 0 Å². The maximum Gasteiger partial charge on any atom is 0.180 e. The SMILES string of the molecule is c1ccc(-c2cc(-c3ccc(-c4cccc(-c5cc(-c6ccccc6)nc(-c6ccc7c(c6)oc6cccc(-c8nc(-c9ccccc9)c9oc%10ccccc%10c9n8)c67)n5)c4)cc3)nc(-c3ccc4c(c3)oc3c(-c5nc(-c6ccccc6)c6oc7ccccc7c6n5)cccc34)n2)cc1. The molecule has 20 aromatic rings. The number of aromatic nitrogens is 8. The van der Waals surface area contributed by atoms with Crippen LogP contribution in [0.4, 0.5) is 0 Å². The number of benzene rings is 12. The van der Waals surface area contributed by atoms with Gasteiger partial charge in [0.25, 0.3) is 0 Å². The van der Waals surface area contributed by atoms with E-state index in [9.17, 15) is 0 Å². The molecular formula is C88H50N8O4. The third kappa shape index (κ3) is 9.61. The van der Waals surface area contributed by atoms with Gasteiger partial charge in [0.1, 0.15) is 55.9 Å². The van der Waals surface area contributed by atoms with Crippen LogP contribution in [0.15, 0.2) is 321 Å². The molecule has 0 spiro atoms. The summed E-state index contributed by atoms with van der Waals surface area (Å²) in [5, 5.41) is 5.58. The summed E-state index contributed by atoms with van der Waals surface area (Å²) in [5.41, 5.74) is 22.6. The summed E-state index contributed by atoms with van der Waals surface area (Å²) in [6.45, 7) is 0. The van der Waals surface area contributed by atoms with Gasteiger partial charge >= 0.3 is 0 Å². The van der Waals surface area contributed by atoms with Crippen LogP contribution >= 0.6 is 0 Å². The van der Waals surface area contributed by atoms with Crippen molar-refractivity contribution < 1.29 is 17.7 Å². The Kier molecular flexibility index (Phi) is 13.0. The predicted octanol–water partition coefficient (Wildman–Crippen LogP) is 22.8. The lowest BCUT2D eigenvalue weighted by Crippen LogP contribution is -1.96. The first kappa shape index (κ1) is 56.5. The second-order valence-electron chi connectivity index (χ2n) is 24.9. The number of rotatable bonds is 11. The zero-order chi connectivity index (χ0) is 65.8. The van der Waals surface area contributed by atoms with Crippen molar-refractivity contribution in [2.45, 2.75) is 0 Å². The molecule has 0 atom stereocenters. The zero-order valence-corrected chi connectivity index (χ0v) is 53.1. The van der Waals surface area contributed by atoms with Gasteiger partial charge < -0.3 is 17.7 Å². The van der Waals surface area contributed by atoms with E-state index in [4.69, 9.17) is 57.5 Å². The molecule has 0 saturated carbocycles. The Labute approximate surface area is 569 Å². The highest BCUT2D eigenvalue weighted by molar-refractivity contribution is 6.15. The van der Waals surface area contributed by atoms with Crippen LogP contribution < -0.4 is 0 Å². The smallest absolute Gasteiger partial charge is 0.180 e. The molecule has 0 aliphatic rings. The van der Waals surface area contributed by atoms with E-state index in [-0.39, 0.29) is 0 Å². The summed E-state index contributed by atoms with van der Waals surface area (Å²) in [6.07, 6.45) is 0. The quantitative estimate of drug-likeness (QED) is 0.121. The number of nitrogens with zero attached hydrogens (tertiary/aromatic N) is 8. The minimum Gasteiger partial charge on any atom is -0.456 e. The maximum absolute atomic E-state index is 6.89. The molecule has 466 valence electrons. The molecule has 8 aromatic heterocycles. The van der Waals surface area contributed by atoms with Gasteiger partial charge in [-0.05, 0) is 90.0 Å². The Morgan fingerprint density at radius 2 is 0.590 bits per heavy atom. The molecule has 0 amide bonds. The van der Waals surface area contributed by atoms with Gasteiger partial charge in [0.15, 0.2) is 34.5 Å². The summed E-state index contributed by atoms with van der Waals surface area (Å²) in [4.78, 5) is 41.9. The van der Waals surface area contributed by atoms with Crippen molar-refractivity contribution in [3.8, 4) is 124 Å². The molecule has 0 bridgehead atoms. The van der Waals surface area contributed by atoms with Crippen LogP contribution in [-0.2, 0) is 0 Å². The largest absolute Gasteiger partial charge is 0.456 e. The van der Waals surface area contributed by atoms with Crippen LogP contribution in [0, 0.1) is 0 Å². The van der Waals surface area contributed by atoms with Crippen molar-refractivity contribution in [1.82, 2.24) is 39.9 Å². The summed E-state index contributed by atoms with van der Waals surface area (Å²) < 4.78 is 26.5. The van der Waals surface area contributed by atoms with Crippen molar-refractivity contribution in [1.29, 1.82) is 0 Å². The minimum atomic E-state index is 0.540. The molecular weight excluding hydrogens is 1230 g/mol. The van der Waals surface area contributed by atoms with Gasteiger partial charge in [0, 0.05) is 82.4 Å². The summed E-state index contributed by atoms with van der Waals surface area (Å²) in [5.74, 6) is 2.24. The Morgan fingerprint density at radius 3 is 1.17 bits per heavy atom. The van der Waals surface area contributed by atoms with Gasteiger partial charge in [0.05, 0.1) is 28.3 Å². The topological polar surface area (TPSA) is 156 Å². The zero-order valence-electron chi connectivity index (χ0n) is 53.1. The molecule has 12 nitrogen and oxygen atoms in total. The number of furan rings is 4. The Hall–Kier alpha value is -13.8. The van der Waals surface area contributed by atoms with Gasteiger partial charge in [-0.2, -0.15) is 0 Å². The van der Waals surface area contributed by atoms with Gasteiger partial charge in [-0.3, -0.25) is 0 Å². The van der Waals surface area contributed by atoms with Crippen LogP contribution in [0.3, 0.4) is 0 Å². The second kappa shape index (κ2) is 22.9. The van der Waals surface area contributed by atoms with E-state index in [1.165, 1.54) is 0 Å². The second-order valence-corrected chi connectivity index (χ2v) is 24.9. The number of para-hydroxylation sites is 3. The average Bonchev–Trinajstić information content (AvgIpc) is 1.53. The first-order valence-electron chi connectivity index (χ1n) is 33.0. The molecule has 100 heavy (non-hydrogen) atoms. The van der Waals surface area contributed by atoms with Crippen LogP contribution in [0.2, 0.25) is 0 Å². The molecule has 12 aromatic carbocycles. The van der Waals surface area contributed by atoms with E-state index in [0.29, 0.717) is 62.5 Å². The van der Waals surface area contributed by atoms with E-state index in [1.54, 1.807) is 0 Å². The number of fused-ring (bicyclic) bond motifs is 12. The molecule has 0 N–H and O–H groups in total. The molecule has 0 aliphatic carbocycles. The van der Waals surface area contributed by atoms with Gasteiger partial charge in [-0.25, -0.2) is 39.9 Å². The lowest BCUT2D eigenvalue weighted by atomic mass is 9.98. The first-order chi connectivity index (χ1) is 49.5. The van der Waals surface area contributed by atoms with Crippen LogP contribution in [0.25, 0.3) is 212 Å². The maximum atomic E-state index is 6.89. The molecule has 0 aliphatic heterocycles. The fraction of sp³-hybridized carbons (Fsp3) is 0. The average molecular weight is 1280 g/mol. The van der Waals surface area contributed by atoms with Crippen molar-refractivity contribution in [3.63, 3.8) is 0 Å². The van der Waals surface area contributed by atoms with Crippen LogP contribution in [-0.4, -0.2) is 39.9 Å². The molecule has 8 heterocycles.